The summed E-state index contributed by atoms with van der Waals surface area (Å²) in [5, 5.41) is 12.9. The van der Waals surface area contributed by atoms with Crippen molar-refractivity contribution >= 4 is 6.09 Å². The number of aliphatic hydroxyl groups excluding tert-OH is 1. The van der Waals surface area contributed by atoms with E-state index in [4.69, 9.17) is 9.47 Å². The average Bonchev–Trinajstić information content (AvgIpc) is 2.77. The van der Waals surface area contributed by atoms with Crippen LogP contribution < -0.4 is 5.32 Å². The van der Waals surface area contributed by atoms with Crippen LogP contribution in [0.4, 0.5) is 9.18 Å². The van der Waals surface area contributed by atoms with Crippen LogP contribution in [0.1, 0.15) is 24.1 Å². The molecule has 1 aliphatic rings. The molecule has 0 saturated carbocycles. The lowest BCUT2D eigenvalue weighted by Gasteiger charge is -2.36. The third-order valence-electron chi connectivity index (χ3n) is 5.04. The molecule has 156 valence electrons. The van der Waals surface area contributed by atoms with Crippen molar-refractivity contribution < 1.29 is 23.8 Å². The van der Waals surface area contributed by atoms with Gasteiger partial charge in [0.1, 0.15) is 12.4 Å². The summed E-state index contributed by atoms with van der Waals surface area (Å²) in [6.07, 6.45) is -0.684. The molecule has 1 amide bonds. The summed E-state index contributed by atoms with van der Waals surface area (Å²) < 4.78 is 25.3. The molecule has 3 atom stereocenters. The first-order valence-electron chi connectivity index (χ1n) is 9.77. The quantitative estimate of drug-likeness (QED) is 0.745. The van der Waals surface area contributed by atoms with E-state index in [9.17, 15) is 14.3 Å². The van der Waals surface area contributed by atoms with Gasteiger partial charge < -0.3 is 24.8 Å². The summed E-state index contributed by atoms with van der Waals surface area (Å²) in [5.41, 5.74) is 1.33. The zero-order chi connectivity index (χ0) is 20.6. The van der Waals surface area contributed by atoms with Gasteiger partial charge in [-0.2, -0.15) is 0 Å². The lowest BCUT2D eigenvalue weighted by Crippen LogP contribution is -2.53. The van der Waals surface area contributed by atoms with Crippen molar-refractivity contribution in [3.05, 3.63) is 71.5 Å². The summed E-state index contributed by atoms with van der Waals surface area (Å²) in [7, 11) is 0. The number of carbonyl (C=O) groups is 1. The summed E-state index contributed by atoms with van der Waals surface area (Å²) in [4.78, 5) is 14.0. The fourth-order valence-corrected chi connectivity index (χ4v) is 3.38. The first kappa shape index (κ1) is 21.2. The SMILES string of the molecule is C[C@H](N[C@@H](CO)c1ccccc1F)[C@H]1CN(C(=O)OCc2ccccc2)CCO1. The lowest BCUT2D eigenvalue weighted by molar-refractivity contribution is -0.0442. The molecule has 0 aliphatic carbocycles. The van der Waals surface area contributed by atoms with Gasteiger partial charge in [0.2, 0.25) is 0 Å². The Kier molecular flexibility index (Phi) is 7.57. The van der Waals surface area contributed by atoms with Crippen molar-refractivity contribution in [1.29, 1.82) is 0 Å². The molecule has 2 N–H and O–H groups in total. The van der Waals surface area contributed by atoms with Crippen LogP contribution in [0.3, 0.4) is 0 Å². The maximum Gasteiger partial charge on any atom is 0.410 e. The molecule has 1 aliphatic heterocycles. The van der Waals surface area contributed by atoms with Gasteiger partial charge >= 0.3 is 6.09 Å². The van der Waals surface area contributed by atoms with Gasteiger partial charge in [0.15, 0.2) is 0 Å². The highest BCUT2D eigenvalue weighted by Gasteiger charge is 2.30. The molecule has 6 nitrogen and oxygen atoms in total. The predicted molar refractivity (Wildman–Crippen MR) is 107 cm³/mol. The van der Waals surface area contributed by atoms with E-state index in [1.807, 2.05) is 37.3 Å². The first-order valence-corrected chi connectivity index (χ1v) is 9.77. The minimum Gasteiger partial charge on any atom is -0.445 e. The van der Waals surface area contributed by atoms with Crippen LogP contribution in [0.25, 0.3) is 0 Å². The number of nitrogens with zero attached hydrogens (tertiary/aromatic N) is 1. The van der Waals surface area contributed by atoms with Crippen molar-refractivity contribution in [3.63, 3.8) is 0 Å². The van der Waals surface area contributed by atoms with Crippen LogP contribution in [0.2, 0.25) is 0 Å². The fraction of sp³-hybridized carbons (Fsp3) is 0.409. The third-order valence-corrected chi connectivity index (χ3v) is 5.04. The van der Waals surface area contributed by atoms with Crippen LogP contribution in [-0.2, 0) is 16.1 Å². The molecular weight excluding hydrogens is 375 g/mol. The van der Waals surface area contributed by atoms with Gasteiger partial charge in [-0.15, -0.1) is 0 Å². The van der Waals surface area contributed by atoms with Gasteiger partial charge in [-0.05, 0) is 18.6 Å². The number of nitrogens with one attached hydrogen (secondary N) is 1. The van der Waals surface area contributed by atoms with Gasteiger partial charge in [-0.3, -0.25) is 0 Å². The molecule has 7 heteroatoms. The second kappa shape index (κ2) is 10.3. The number of rotatable bonds is 7. The average molecular weight is 402 g/mol. The van der Waals surface area contributed by atoms with Crippen molar-refractivity contribution in [3.8, 4) is 0 Å². The van der Waals surface area contributed by atoms with E-state index in [1.165, 1.54) is 6.07 Å². The molecule has 1 saturated heterocycles. The highest BCUT2D eigenvalue weighted by molar-refractivity contribution is 5.67. The number of ether oxygens (including phenoxy) is 2. The van der Waals surface area contributed by atoms with E-state index in [-0.39, 0.29) is 37.3 Å². The van der Waals surface area contributed by atoms with Crippen LogP contribution in [0.5, 0.6) is 0 Å². The summed E-state index contributed by atoms with van der Waals surface area (Å²) in [6, 6.07) is 15.1. The van der Waals surface area contributed by atoms with Gasteiger partial charge in [-0.1, -0.05) is 48.5 Å². The molecule has 2 aromatic carbocycles. The molecule has 2 aromatic rings. The Morgan fingerprint density at radius 1 is 1.28 bits per heavy atom. The number of morpholine rings is 1. The Bertz CT molecular complexity index is 789. The Labute approximate surface area is 170 Å². The number of benzene rings is 2. The Balaban J connectivity index is 1.55. The number of halogens is 1. The molecule has 1 heterocycles. The summed E-state index contributed by atoms with van der Waals surface area (Å²) >= 11 is 0. The van der Waals surface area contributed by atoms with Crippen LogP contribution in [0, 0.1) is 5.82 Å². The van der Waals surface area contributed by atoms with Gasteiger partial charge in [0.25, 0.3) is 0 Å². The largest absolute Gasteiger partial charge is 0.445 e. The van der Waals surface area contributed by atoms with E-state index in [2.05, 4.69) is 5.32 Å². The zero-order valence-electron chi connectivity index (χ0n) is 16.5. The molecular formula is C22H27FN2O4. The van der Waals surface area contributed by atoms with E-state index in [0.717, 1.165) is 5.56 Å². The molecule has 1 fully saturated rings. The topological polar surface area (TPSA) is 71.0 Å². The molecule has 0 spiro atoms. The maximum absolute atomic E-state index is 14.1. The Morgan fingerprint density at radius 3 is 2.72 bits per heavy atom. The van der Waals surface area contributed by atoms with Gasteiger partial charge in [-0.25, -0.2) is 9.18 Å². The van der Waals surface area contributed by atoms with Crippen LogP contribution >= 0.6 is 0 Å². The van der Waals surface area contributed by atoms with Crippen LogP contribution in [-0.4, -0.2) is 54.5 Å². The second-order valence-corrected chi connectivity index (χ2v) is 7.11. The van der Waals surface area contributed by atoms with E-state index >= 15 is 0 Å². The van der Waals surface area contributed by atoms with E-state index < -0.39 is 6.04 Å². The first-order chi connectivity index (χ1) is 14.1. The highest BCUT2D eigenvalue weighted by Crippen LogP contribution is 2.19. The lowest BCUT2D eigenvalue weighted by atomic mass is 10.0. The smallest absolute Gasteiger partial charge is 0.410 e. The molecule has 29 heavy (non-hydrogen) atoms. The number of hydrogen-bond acceptors (Lipinski definition) is 5. The molecule has 0 radical (unpaired) electrons. The fourth-order valence-electron chi connectivity index (χ4n) is 3.38. The van der Waals surface area contributed by atoms with Crippen molar-refractivity contribution in [2.75, 3.05) is 26.3 Å². The highest BCUT2D eigenvalue weighted by atomic mass is 19.1. The number of carbonyl (C=O) groups excluding carboxylic acids is 1. The Morgan fingerprint density at radius 2 is 2.00 bits per heavy atom. The van der Waals surface area contributed by atoms with Crippen molar-refractivity contribution in [1.82, 2.24) is 10.2 Å². The number of aliphatic hydroxyl groups is 1. The molecule has 0 unspecified atom stereocenters. The second-order valence-electron chi connectivity index (χ2n) is 7.11. The summed E-state index contributed by atoms with van der Waals surface area (Å²) in [5.74, 6) is -0.373. The Hall–Kier alpha value is -2.48. The minimum absolute atomic E-state index is 0.212. The van der Waals surface area contributed by atoms with Crippen LogP contribution in [0.15, 0.2) is 54.6 Å². The molecule has 0 aromatic heterocycles. The van der Waals surface area contributed by atoms with E-state index in [0.29, 0.717) is 25.3 Å². The minimum atomic E-state index is -0.560. The third kappa shape index (κ3) is 5.76. The standard InChI is InChI=1S/C22H27FN2O4/c1-16(24-20(14-26)18-9-5-6-10-19(18)23)21-13-25(11-12-28-21)22(27)29-15-17-7-3-2-4-8-17/h2-10,16,20-21,24,26H,11-15H2,1H3/t16-,20-,21+/m0/s1. The predicted octanol–water partition coefficient (Wildman–Crippen LogP) is 2.87. The molecule has 0 bridgehead atoms. The van der Waals surface area contributed by atoms with Crippen molar-refractivity contribution in [2.24, 2.45) is 0 Å². The van der Waals surface area contributed by atoms with E-state index in [1.54, 1.807) is 23.1 Å². The van der Waals surface area contributed by atoms with Crippen molar-refractivity contribution in [2.45, 2.75) is 31.7 Å². The maximum atomic E-state index is 14.1. The number of hydrogen-bond donors (Lipinski definition) is 2. The number of amides is 1. The van der Waals surface area contributed by atoms with Gasteiger partial charge in [0.05, 0.1) is 31.9 Å². The summed E-state index contributed by atoms with van der Waals surface area (Å²) in [6.45, 7) is 3.06. The monoisotopic (exact) mass is 402 g/mol. The zero-order valence-corrected chi connectivity index (χ0v) is 16.5. The molecule has 3 rings (SSSR count). The normalized spacial score (nSPS) is 18.9. The van der Waals surface area contributed by atoms with Gasteiger partial charge in [0, 0.05) is 18.2 Å².